The smallest absolute Gasteiger partial charge is 0.224 e. The van der Waals surface area contributed by atoms with Crippen molar-refractivity contribution in [2.45, 2.75) is 25.3 Å². The molecule has 2 rings (SSSR count). The van der Waals surface area contributed by atoms with E-state index in [9.17, 15) is 9.18 Å². The van der Waals surface area contributed by atoms with Crippen molar-refractivity contribution in [1.29, 1.82) is 0 Å². The second-order valence-corrected chi connectivity index (χ2v) is 3.65. The highest BCUT2D eigenvalue weighted by molar-refractivity contribution is 5.79. The van der Waals surface area contributed by atoms with Crippen LogP contribution in [-0.2, 0) is 11.2 Å². The molecule has 1 aliphatic rings. The molecule has 2 nitrogen and oxygen atoms in total. The lowest BCUT2D eigenvalue weighted by Gasteiger charge is -2.02. The van der Waals surface area contributed by atoms with Crippen molar-refractivity contribution in [2.75, 3.05) is 0 Å². The van der Waals surface area contributed by atoms with Crippen molar-refractivity contribution >= 4 is 5.91 Å². The van der Waals surface area contributed by atoms with E-state index in [2.05, 4.69) is 5.32 Å². The molecule has 3 heteroatoms. The summed E-state index contributed by atoms with van der Waals surface area (Å²) in [7, 11) is 0. The minimum Gasteiger partial charge on any atom is -0.353 e. The molecule has 1 fully saturated rings. The van der Waals surface area contributed by atoms with Crippen molar-refractivity contribution in [3.8, 4) is 0 Å². The number of hydrogen-bond acceptors (Lipinski definition) is 1. The first-order valence-corrected chi connectivity index (χ1v) is 4.78. The zero-order valence-corrected chi connectivity index (χ0v) is 7.79. The molecule has 1 N–H and O–H groups in total. The van der Waals surface area contributed by atoms with Crippen LogP contribution in [0, 0.1) is 5.82 Å². The first-order chi connectivity index (χ1) is 6.74. The zero-order valence-electron chi connectivity index (χ0n) is 7.79. The highest BCUT2D eigenvalue weighted by atomic mass is 19.1. The number of hydrogen-bond donors (Lipinski definition) is 1. The fourth-order valence-corrected chi connectivity index (χ4v) is 1.29. The van der Waals surface area contributed by atoms with Gasteiger partial charge >= 0.3 is 0 Å². The fourth-order valence-electron chi connectivity index (χ4n) is 1.29. The topological polar surface area (TPSA) is 29.1 Å². The van der Waals surface area contributed by atoms with Crippen LogP contribution in [0.1, 0.15) is 18.4 Å². The van der Waals surface area contributed by atoms with E-state index >= 15 is 0 Å². The Morgan fingerprint density at radius 3 is 2.57 bits per heavy atom. The number of amides is 1. The van der Waals surface area contributed by atoms with Crippen molar-refractivity contribution < 1.29 is 9.18 Å². The van der Waals surface area contributed by atoms with Gasteiger partial charge in [0.15, 0.2) is 0 Å². The predicted octanol–water partition coefficient (Wildman–Crippen LogP) is 1.65. The van der Waals surface area contributed by atoms with Crippen LogP contribution in [0.2, 0.25) is 0 Å². The van der Waals surface area contributed by atoms with Gasteiger partial charge in [0.05, 0.1) is 6.42 Å². The van der Waals surface area contributed by atoms with Gasteiger partial charge in [-0.1, -0.05) is 12.1 Å². The normalized spacial score (nSPS) is 15.2. The van der Waals surface area contributed by atoms with Crippen LogP contribution in [0.3, 0.4) is 0 Å². The number of rotatable bonds is 3. The maximum atomic E-state index is 12.5. The third-order valence-electron chi connectivity index (χ3n) is 2.22. The molecule has 0 bridgehead atoms. The van der Waals surface area contributed by atoms with Crippen LogP contribution in [0.15, 0.2) is 24.3 Å². The van der Waals surface area contributed by atoms with Gasteiger partial charge in [-0.3, -0.25) is 4.79 Å². The summed E-state index contributed by atoms with van der Waals surface area (Å²) in [5, 5.41) is 2.88. The molecule has 0 aromatic heterocycles. The average Bonchev–Trinajstić information content (AvgIpc) is 2.93. The maximum Gasteiger partial charge on any atom is 0.224 e. The molecule has 0 aliphatic heterocycles. The van der Waals surface area contributed by atoms with E-state index in [0.29, 0.717) is 12.5 Å². The van der Waals surface area contributed by atoms with Gasteiger partial charge in [0.1, 0.15) is 5.82 Å². The first-order valence-electron chi connectivity index (χ1n) is 4.78. The molecule has 1 aliphatic carbocycles. The summed E-state index contributed by atoms with van der Waals surface area (Å²) in [6.45, 7) is 0. The Labute approximate surface area is 82.1 Å². The molecule has 74 valence electrons. The molecule has 0 saturated heterocycles. The van der Waals surface area contributed by atoms with Crippen molar-refractivity contribution in [3.63, 3.8) is 0 Å². The van der Waals surface area contributed by atoms with Gasteiger partial charge in [-0.2, -0.15) is 0 Å². The molecular formula is C11H12FNO. The SMILES string of the molecule is O=C(Cc1ccc(F)cc1)NC1CC1. The van der Waals surface area contributed by atoms with Gasteiger partial charge in [-0.15, -0.1) is 0 Å². The summed E-state index contributed by atoms with van der Waals surface area (Å²) < 4.78 is 12.5. The molecular weight excluding hydrogens is 181 g/mol. The summed E-state index contributed by atoms with van der Waals surface area (Å²) in [6.07, 6.45) is 2.53. The van der Waals surface area contributed by atoms with Crippen molar-refractivity contribution in [3.05, 3.63) is 35.6 Å². The lowest BCUT2D eigenvalue weighted by Crippen LogP contribution is -2.26. The van der Waals surface area contributed by atoms with E-state index < -0.39 is 0 Å². The Kier molecular flexibility index (Phi) is 2.48. The number of halogens is 1. The van der Waals surface area contributed by atoms with Gasteiger partial charge in [0, 0.05) is 6.04 Å². The molecule has 0 radical (unpaired) electrons. The van der Waals surface area contributed by atoms with Crippen LogP contribution >= 0.6 is 0 Å². The van der Waals surface area contributed by atoms with Crippen LogP contribution in [0.5, 0.6) is 0 Å². The highest BCUT2D eigenvalue weighted by Gasteiger charge is 2.22. The van der Waals surface area contributed by atoms with E-state index in [1.807, 2.05) is 0 Å². The Balaban J connectivity index is 1.89. The molecule has 1 saturated carbocycles. The predicted molar refractivity (Wildman–Crippen MR) is 51.3 cm³/mol. The summed E-state index contributed by atoms with van der Waals surface area (Å²) in [5.41, 5.74) is 0.851. The third kappa shape index (κ3) is 2.55. The number of nitrogens with one attached hydrogen (secondary N) is 1. The lowest BCUT2D eigenvalue weighted by atomic mass is 10.1. The monoisotopic (exact) mass is 193 g/mol. The molecule has 14 heavy (non-hydrogen) atoms. The van der Waals surface area contributed by atoms with Gasteiger partial charge in [0.2, 0.25) is 5.91 Å². The summed E-state index contributed by atoms with van der Waals surface area (Å²) in [5.74, 6) is -0.240. The average molecular weight is 193 g/mol. The fraction of sp³-hybridized carbons (Fsp3) is 0.364. The molecule has 1 amide bonds. The largest absolute Gasteiger partial charge is 0.353 e. The number of carbonyl (C=O) groups is 1. The standard InChI is InChI=1S/C11H12FNO/c12-9-3-1-8(2-4-9)7-11(14)13-10-5-6-10/h1-4,10H,5-7H2,(H,13,14). The molecule has 0 heterocycles. The molecule has 1 aromatic rings. The van der Waals surface area contributed by atoms with Crippen LogP contribution in [0.25, 0.3) is 0 Å². The van der Waals surface area contributed by atoms with E-state index in [4.69, 9.17) is 0 Å². The Morgan fingerprint density at radius 2 is 2.00 bits per heavy atom. The number of benzene rings is 1. The Bertz CT molecular complexity index is 330. The third-order valence-corrected chi connectivity index (χ3v) is 2.22. The van der Waals surface area contributed by atoms with E-state index in [-0.39, 0.29) is 11.7 Å². The molecule has 0 spiro atoms. The van der Waals surface area contributed by atoms with Crippen LogP contribution in [0.4, 0.5) is 4.39 Å². The summed E-state index contributed by atoms with van der Waals surface area (Å²) >= 11 is 0. The second-order valence-electron chi connectivity index (χ2n) is 3.65. The summed E-state index contributed by atoms with van der Waals surface area (Å²) in [6, 6.07) is 6.42. The molecule has 1 aromatic carbocycles. The minimum atomic E-state index is -0.267. The highest BCUT2D eigenvalue weighted by Crippen LogP contribution is 2.18. The minimum absolute atomic E-state index is 0.0270. The van der Waals surface area contributed by atoms with E-state index in [0.717, 1.165) is 18.4 Å². The molecule has 0 unspecified atom stereocenters. The van der Waals surface area contributed by atoms with Crippen LogP contribution in [-0.4, -0.2) is 11.9 Å². The van der Waals surface area contributed by atoms with E-state index in [1.165, 1.54) is 12.1 Å². The zero-order chi connectivity index (χ0) is 9.97. The van der Waals surface area contributed by atoms with Crippen LogP contribution < -0.4 is 5.32 Å². The quantitative estimate of drug-likeness (QED) is 0.777. The van der Waals surface area contributed by atoms with Gasteiger partial charge < -0.3 is 5.32 Å². The lowest BCUT2D eigenvalue weighted by molar-refractivity contribution is -0.120. The molecule has 0 atom stereocenters. The summed E-state index contributed by atoms with van der Waals surface area (Å²) in [4.78, 5) is 11.3. The van der Waals surface area contributed by atoms with Crippen molar-refractivity contribution in [1.82, 2.24) is 5.32 Å². The first kappa shape index (κ1) is 9.19. The Hall–Kier alpha value is -1.38. The van der Waals surface area contributed by atoms with E-state index in [1.54, 1.807) is 12.1 Å². The van der Waals surface area contributed by atoms with Gasteiger partial charge in [-0.25, -0.2) is 4.39 Å². The van der Waals surface area contributed by atoms with Crippen molar-refractivity contribution in [2.24, 2.45) is 0 Å². The van der Waals surface area contributed by atoms with Gasteiger partial charge in [-0.05, 0) is 30.5 Å². The van der Waals surface area contributed by atoms with Gasteiger partial charge in [0.25, 0.3) is 0 Å². The Morgan fingerprint density at radius 1 is 1.36 bits per heavy atom. The number of carbonyl (C=O) groups excluding carboxylic acids is 1. The maximum absolute atomic E-state index is 12.5. The second kappa shape index (κ2) is 3.78.